The van der Waals surface area contributed by atoms with Gasteiger partial charge in [-0.05, 0) is 13.3 Å². The molecule has 0 unspecified atom stereocenters. The minimum atomic E-state index is -0.469. The number of hydrogen-bond donors (Lipinski definition) is 0. The predicted octanol–water partition coefficient (Wildman–Crippen LogP) is 2.19. The number of ether oxygens (including phenoxy) is 1. The summed E-state index contributed by atoms with van der Waals surface area (Å²) in [6.07, 6.45) is 2.34. The van der Waals surface area contributed by atoms with Gasteiger partial charge in [0.25, 0.3) is 0 Å². The molecule has 3 heteroatoms. The summed E-state index contributed by atoms with van der Waals surface area (Å²) in [7, 11) is 0. The zero-order chi connectivity index (χ0) is 11.9. The van der Waals surface area contributed by atoms with Crippen LogP contribution in [0.5, 0.6) is 0 Å². The summed E-state index contributed by atoms with van der Waals surface area (Å²) in [5.74, 6) is 0.227. The quantitative estimate of drug-likeness (QED) is 0.741. The van der Waals surface area contributed by atoms with E-state index in [1.54, 1.807) is 0 Å². The molecule has 0 aliphatic carbocycles. The first-order valence-electron chi connectivity index (χ1n) is 6.24. The monoisotopic (exact) mass is 231 g/mol. The molecule has 3 rings (SSSR count). The number of carbonyl (C=O) groups excluding carboxylic acids is 1. The summed E-state index contributed by atoms with van der Waals surface area (Å²) in [5, 5.41) is 0. The van der Waals surface area contributed by atoms with E-state index in [4.69, 9.17) is 4.74 Å². The van der Waals surface area contributed by atoms with Gasteiger partial charge < -0.3 is 9.64 Å². The molecule has 17 heavy (non-hydrogen) atoms. The van der Waals surface area contributed by atoms with Gasteiger partial charge in [-0.3, -0.25) is 4.79 Å². The van der Waals surface area contributed by atoms with Gasteiger partial charge in [0.2, 0.25) is 5.91 Å². The Kier molecular flexibility index (Phi) is 2.44. The molecule has 2 saturated heterocycles. The van der Waals surface area contributed by atoms with Crippen LogP contribution in [0.25, 0.3) is 0 Å². The highest BCUT2D eigenvalue weighted by Gasteiger charge is 2.49. The molecule has 0 radical (unpaired) electrons. The van der Waals surface area contributed by atoms with E-state index in [0.717, 1.165) is 31.6 Å². The van der Waals surface area contributed by atoms with Crippen LogP contribution < -0.4 is 0 Å². The molecule has 2 fully saturated rings. The van der Waals surface area contributed by atoms with E-state index in [0.29, 0.717) is 6.42 Å². The standard InChI is InChI=1S/C14H17NO2/c1-11-3-5-12(6-4-11)14-8-7-13(16)15(14)9-2-10-17-14/h3-6H,2,7-10H2,1H3/t14-/m0/s1. The van der Waals surface area contributed by atoms with Crippen LogP contribution in [-0.2, 0) is 15.3 Å². The summed E-state index contributed by atoms with van der Waals surface area (Å²) in [5.41, 5.74) is 1.88. The molecule has 2 heterocycles. The van der Waals surface area contributed by atoms with E-state index in [1.165, 1.54) is 5.56 Å². The van der Waals surface area contributed by atoms with Crippen LogP contribution in [0.4, 0.5) is 0 Å². The molecule has 1 amide bonds. The first-order chi connectivity index (χ1) is 8.22. The van der Waals surface area contributed by atoms with Crippen molar-refractivity contribution in [1.29, 1.82) is 0 Å². The zero-order valence-electron chi connectivity index (χ0n) is 10.1. The maximum atomic E-state index is 11.9. The molecule has 0 aromatic heterocycles. The number of amides is 1. The lowest BCUT2D eigenvalue weighted by molar-refractivity contribution is -0.183. The molecule has 1 aromatic carbocycles. The number of aryl methyl sites for hydroxylation is 1. The molecule has 0 spiro atoms. The third-order valence-electron chi connectivity index (χ3n) is 3.78. The van der Waals surface area contributed by atoms with Gasteiger partial charge in [0.15, 0.2) is 5.72 Å². The Morgan fingerprint density at radius 1 is 1.29 bits per heavy atom. The number of carbonyl (C=O) groups is 1. The third kappa shape index (κ3) is 1.57. The van der Waals surface area contributed by atoms with E-state index >= 15 is 0 Å². The topological polar surface area (TPSA) is 29.5 Å². The van der Waals surface area contributed by atoms with Crippen molar-refractivity contribution < 1.29 is 9.53 Å². The summed E-state index contributed by atoms with van der Waals surface area (Å²) in [4.78, 5) is 13.8. The second-order valence-corrected chi connectivity index (χ2v) is 4.90. The molecular formula is C14H17NO2. The van der Waals surface area contributed by atoms with Crippen molar-refractivity contribution >= 4 is 5.91 Å². The Hall–Kier alpha value is -1.35. The molecule has 2 aliphatic rings. The molecule has 0 saturated carbocycles. The van der Waals surface area contributed by atoms with Gasteiger partial charge in [-0.1, -0.05) is 29.8 Å². The Morgan fingerprint density at radius 2 is 2.06 bits per heavy atom. The lowest BCUT2D eigenvalue weighted by Crippen LogP contribution is -2.49. The fourth-order valence-electron chi connectivity index (χ4n) is 2.86. The summed E-state index contributed by atoms with van der Waals surface area (Å²) >= 11 is 0. The lowest BCUT2D eigenvalue weighted by Gasteiger charge is -2.42. The Labute approximate surface area is 101 Å². The lowest BCUT2D eigenvalue weighted by atomic mass is 9.97. The minimum Gasteiger partial charge on any atom is -0.351 e. The maximum Gasteiger partial charge on any atom is 0.225 e. The average Bonchev–Trinajstić information content (AvgIpc) is 2.70. The number of rotatable bonds is 1. The number of benzene rings is 1. The van der Waals surface area contributed by atoms with Gasteiger partial charge in [0, 0.05) is 24.9 Å². The Balaban J connectivity index is 2.03. The third-order valence-corrected chi connectivity index (χ3v) is 3.78. The van der Waals surface area contributed by atoms with Crippen LogP contribution in [0.15, 0.2) is 24.3 Å². The van der Waals surface area contributed by atoms with Crippen LogP contribution in [-0.4, -0.2) is 24.0 Å². The smallest absolute Gasteiger partial charge is 0.225 e. The van der Waals surface area contributed by atoms with E-state index in [2.05, 4.69) is 31.2 Å². The van der Waals surface area contributed by atoms with Crippen LogP contribution in [0.2, 0.25) is 0 Å². The molecular weight excluding hydrogens is 214 g/mol. The summed E-state index contributed by atoms with van der Waals surface area (Å²) < 4.78 is 5.99. The Bertz CT molecular complexity index is 440. The van der Waals surface area contributed by atoms with Gasteiger partial charge in [-0.25, -0.2) is 0 Å². The Morgan fingerprint density at radius 3 is 2.82 bits per heavy atom. The largest absolute Gasteiger partial charge is 0.351 e. The van der Waals surface area contributed by atoms with E-state index in [-0.39, 0.29) is 5.91 Å². The molecule has 3 nitrogen and oxygen atoms in total. The van der Waals surface area contributed by atoms with E-state index < -0.39 is 5.72 Å². The second kappa shape index (κ2) is 3.84. The normalized spacial score (nSPS) is 28.3. The van der Waals surface area contributed by atoms with Crippen molar-refractivity contribution in [2.75, 3.05) is 13.2 Å². The van der Waals surface area contributed by atoms with Crippen molar-refractivity contribution in [2.45, 2.75) is 31.9 Å². The van der Waals surface area contributed by atoms with Crippen molar-refractivity contribution in [3.63, 3.8) is 0 Å². The van der Waals surface area contributed by atoms with Gasteiger partial charge in [-0.15, -0.1) is 0 Å². The molecule has 1 aromatic rings. The summed E-state index contributed by atoms with van der Waals surface area (Å²) in [6.45, 7) is 3.64. The number of fused-ring (bicyclic) bond motifs is 1. The molecule has 0 N–H and O–H groups in total. The molecule has 90 valence electrons. The summed E-state index contributed by atoms with van der Waals surface area (Å²) in [6, 6.07) is 8.35. The highest BCUT2D eigenvalue weighted by molar-refractivity contribution is 5.79. The van der Waals surface area contributed by atoms with Gasteiger partial charge in [0.05, 0.1) is 6.61 Å². The molecule has 0 bridgehead atoms. The SMILES string of the molecule is Cc1ccc([C@@]23CCC(=O)N2CCCO3)cc1. The number of nitrogens with zero attached hydrogens (tertiary/aromatic N) is 1. The van der Waals surface area contributed by atoms with Crippen LogP contribution in [0.3, 0.4) is 0 Å². The maximum absolute atomic E-state index is 11.9. The first kappa shape index (κ1) is 10.8. The zero-order valence-corrected chi connectivity index (χ0v) is 10.1. The van der Waals surface area contributed by atoms with Gasteiger partial charge in [0.1, 0.15) is 0 Å². The van der Waals surface area contributed by atoms with Crippen molar-refractivity contribution in [2.24, 2.45) is 0 Å². The fraction of sp³-hybridized carbons (Fsp3) is 0.500. The first-order valence-corrected chi connectivity index (χ1v) is 6.24. The highest BCUT2D eigenvalue weighted by atomic mass is 16.5. The fourth-order valence-corrected chi connectivity index (χ4v) is 2.86. The highest BCUT2D eigenvalue weighted by Crippen LogP contribution is 2.42. The van der Waals surface area contributed by atoms with Crippen LogP contribution in [0, 0.1) is 6.92 Å². The van der Waals surface area contributed by atoms with Gasteiger partial charge >= 0.3 is 0 Å². The minimum absolute atomic E-state index is 0.227. The van der Waals surface area contributed by atoms with Crippen molar-refractivity contribution in [3.8, 4) is 0 Å². The predicted molar refractivity (Wildman–Crippen MR) is 64.4 cm³/mol. The second-order valence-electron chi connectivity index (χ2n) is 4.90. The number of hydrogen-bond acceptors (Lipinski definition) is 2. The van der Waals surface area contributed by atoms with Crippen LogP contribution in [0.1, 0.15) is 30.4 Å². The van der Waals surface area contributed by atoms with Crippen molar-refractivity contribution in [1.82, 2.24) is 4.90 Å². The van der Waals surface area contributed by atoms with Crippen molar-refractivity contribution in [3.05, 3.63) is 35.4 Å². The average molecular weight is 231 g/mol. The van der Waals surface area contributed by atoms with Crippen LogP contribution >= 0.6 is 0 Å². The molecule has 2 aliphatic heterocycles. The van der Waals surface area contributed by atoms with E-state index in [1.807, 2.05) is 4.90 Å². The van der Waals surface area contributed by atoms with Gasteiger partial charge in [-0.2, -0.15) is 0 Å². The van der Waals surface area contributed by atoms with E-state index in [9.17, 15) is 4.79 Å². The molecule has 1 atom stereocenters.